The zero-order valence-corrected chi connectivity index (χ0v) is 10.9. The number of rotatable bonds is 3. The van der Waals surface area contributed by atoms with Crippen molar-refractivity contribution >= 4 is 23.1 Å². The lowest BCUT2D eigenvalue weighted by molar-refractivity contribution is -0.384. The van der Waals surface area contributed by atoms with E-state index in [9.17, 15) is 10.1 Å². The summed E-state index contributed by atoms with van der Waals surface area (Å²) in [6, 6.07) is 0.295. The molecule has 0 atom stereocenters. The summed E-state index contributed by atoms with van der Waals surface area (Å²) >= 11 is 5.79. The third kappa shape index (κ3) is 2.53. The van der Waals surface area contributed by atoms with Gasteiger partial charge in [0, 0.05) is 13.1 Å². The van der Waals surface area contributed by atoms with Gasteiger partial charge in [-0.1, -0.05) is 30.9 Å². The van der Waals surface area contributed by atoms with Crippen LogP contribution in [0.4, 0.5) is 11.5 Å². The Morgan fingerprint density at radius 3 is 2.67 bits per heavy atom. The number of aromatic nitrogens is 2. The highest BCUT2D eigenvalue weighted by atomic mass is 35.5. The van der Waals surface area contributed by atoms with Crippen LogP contribution >= 0.6 is 11.6 Å². The fraction of sp³-hybridized carbons (Fsp3) is 0.636. The molecule has 1 aromatic rings. The quantitative estimate of drug-likeness (QED) is 0.480. The summed E-state index contributed by atoms with van der Waals surface area (Å²) in [5.74, 6) is 0.312. The number of hydrogen-bond donors (Lipinski definition) is 0. The molecule has 0 saturated heterocycles. The summed E-state index contributed by atoms with van der Waals surface area (Å²) in [6.45, 7) is 0. The molecule has 0 N–H and O–H groups in total. The maximum Gasteiger partial charge on any atom is 0.348 e. The molecule has 0 radical (unpaired) electrons. The van der Waals surface area contributed by atoms with Crippen molar-refractivity contribution in [1.29, 1.82) is 0 Å². The van der Waals surface area contributed by atoms with Crippen molar-refractivity contribution < 1.29 is 4.92 Å². The maximum atomic E-state index is 11.0. The highest BCUT2D eigenvalue weighted by Gasteiger charge is 2.28. The molecule has 2 rings (SSSR count). The Morgan fingerprint density at radius 1 is 1.39 bits per heavy atom. The number of nitrogens with zero attached hydrogens (tertiary/aromatic N) is 4. The van der Waals surface area contributed by atoms with Gasteiger partial charge in [-0.15, -0.1) is 0 Å². The van der Waals surface area contributed by atoms with Gasteiger partial charge in [0.25, 0.3) is 0 Å². The second-order valence-corrected chi connectivity index (χ2v) is 4.85. The van der Waals surface area contributed by atoms with Gasteiger partial charge < -0.3 is 4.90 Å². The number of halogens is 1. The minimum Gasteiger partial charge on any atom is -0.351 e. The van der Waals surface area contributed by atoms with E-state index in [0.717, 1.165) is 25.7 Å². The van der Waals surface area contributed by atoms with Crippen LogP contribution in [0, 0.1) is 10.1 Å². The van der Waals surface area contributed by atoms with E-state index in [4.69, 9.17) is 11.6 Å². The van der Waals surface area contributed by atoms with E-state index < -0.39 is 4.92 Å². The summed E-state index contributed by atoms with van der Waals surface area (Å²) in [5, 5.41) is 10.9. The zero-order valence-electron chi connectivity index (χ0n) is 10.2. The summed E-state index contributed by atoms with van der Waals surface area (Å²) in [5.41, 5.74) is -0.202. The molecular weight excluding hydrogens is 256 g/mol. The van der Waals surface area contributed by atoms with Gasteiger partial charge in [-0.05, 0) is 12.8 Å². The van der Waals surface area contributed by atoms with Crippen molar-refractivity contribution in [3.63, 3.8) is 0 Å². The van der Waals surface area contributed by atoms with Crippen molar-refractivity contribution in [3.05, 3.63) is 21.6 Å². The van der Waals surface area contributed by atoms with Crippen LogP contribution in [0.3, 0.4) is 0 Å². The monoisotopic (exact) mass is 270 g/mol. The van der Waals surface area contributed by atoms with Crippen LogP contribution < -0.4 is 4.90 Å². The normalized spacial score (nSPS) is 16.6. The summed E-state index contributed by atoms with van der Waals surface area (Å²) in [7, 11) is 1.83. The molecule has 0 unspecified atom stereocenters. The smallest absolute Gasteiger partial charge is 0.348 e. The van der Waals surface area contributed by atoms with Crippen LogP contribution in [-0.2, 0) is 0 Å². The van der Waals surface area contributed by atoms with Gasteiger partial charge in [-0.3, -0.25) is 10.1 Å². The predicted octanol–water partition coefficient (Wildman–Crippen LogP) is 2.81. The summed E-state index contributed by atoms with van der Waals surface area (Å²) in [4.78, 5) is 20.1. The molecule has 0 aromatic carbocycles. The lowest BCUT2D eigenvalue weighted by atomic mass is 9.94. The molecule has 0 spiro atoms. The molecule has 7 heteroatoms. The molecular formula is C11H15ClN4O2. The van der Waals surface area contributed by atoms with Gasteiger partial charge in [0.1, 0.15) is 6.33 Å². The molecule has 1 aromatic heterocycles. The van der Waals surface area contributed by atoms with E-state index in [1.54, 1.807) is 0 Å². The Bertz CT molecular complexity index is 449. The van der Waals surface area contributed by atoms with E-state index in [2.05, 4.69) is 9.97 Å². The van der Waals surface area contributed by atoms with Crippen molar-refractivity contribution in [2.45, 2.75) is 38.1 Å². The molecule has 1 saturated carbocycles. The van der Waals surface area contributed by atoms with Crippen LogP contribution in [0.1, 0.15) is 32.1 Å². The zero-order chi connectivity index (χ0) is 13.1. The SMILES string of the molecule is CN(c1ncnc(Cl)c1[N+](=O)[O-])C1CCCCC1. The Hall–Kier alpha value is -1.43. The van der Waals surface area contributed by atoms with Gasteiger partial charge in [-0.2, -0.15) is 0 Å². The van der Waals surface area contributed by atoms with E-state index in [1.165, 1.54) is 12.7 Å². The van der Waals surface area contributed by atoms with Crippen molar-refractivity contribution in [1.82, 2.24) is 9.97 Å². The van der Waals surface area contributed by atoms with Crippen LogP contribution in [0.25, 0.3) is 0 Å². The van der Waals surface area contributed by atoms with Crippen LogP contribution in [0.2, 0.25) is 5.15 Å². The molecule has 1 fully saturated rings. The fourth-order valence-electron chi connectivity index (χ4n) is 2.41. The second kappa shape index (κ2) is 5.48. The minimum atomic E-state index is -0.517. The molecule has 1 aliphatic rings. The fourth-order valence-corrected chi connectivity index (χ4v) is 2.60. The molecule has 1 aliphatic carbocycles. The molecule has 6 nitrogen and oxygen atoms in total. The highest BCUT2D eigenvalue weighted by Crippen LogP contribution is 2.34. The first-order valence-electron chi connectivity index (χ1n) is 5.99. The number of nitro groups is 1. The molecule has 0 aliphatic heterocycles. The van der Waals surface area contributed by atoms with E-state index in [0.29, 0.717) is 11.9 Å². The second-order valence-electron chi connectivity index (χ2n) is 4.50. The van der Waals surface area contributed by atoms with Crippen LogP contribution in [0.5, 0.6) is 0 Å². The van der Waals surface area contributed by atoms with Gasteiger partial charge >= 0.3 is 5.69 Å². The molecule has 98 valence electrons. The van der Waals surface area contributed by atoms with E-state index >= 15 is 0 Å². The highest BCUT2D eigenvalue weighted by molar-refractivity contribution is 6.31. The molecule has 1 heterocycles. The van der Waals surface area contributed by atoms with Gasteiger partial charge in [-0.25, -0.2) is 9.97 Å². The summed E-state index contributed by atoms with van der Waals surface area (Å²) in [6.07, 6.45) is 6.88. The largest absolute Gasteiger partial charge is 0.351 e. The Kier molecular flexibility index (Phi) is 3.96. The first-order chi connectivity index (χ1) is 8.61. The van der Waals surface area contributed by atoms with Crippen molar-refractivity contribution in [3.8, 4) is 0 Å². The Labute approximate surface area is 110 Å². The lowest BCUT2D eigenvalue weighted by Gasteiger charge is -2.31. The van der Waals surface area contributed by atoms with Crippen LogP contribution in [-0.4, -0.2) is 28.0 Å². The minimum absolute atomic E-state index is 0.104. The van der Waals surface area contributed by atoms with Crippen molar-refractivity contribution in [2.75, 3.05) is 11.9 Å². The van der Waals surface area contributed by atoms with Gasteiger partial charge in [0.05, 0.1) is 4.92 Å². The average Bonchev–Trinajstić information content (AvgIpc) is 2.38. The Balaban J connectivity index is 2.31. The van der Waals surface area contributed by atoms with E-state index in [1.807, 2.05) is 11.9 Å². The van der Waals surface area contributed by atoms with E-state index in [-0.39, 0.29) is 10.8 Å². The molecule has 0 amide bonds. The average molecular weight is 271 g/mol. The number of hydrogen-bond acceptors (Lipinski definition) is 5. The summed E-state index contributed by atoms with van der Waals surface area (Å²) < 4.78 is 0. The van der Waals surface area contributed by atoms with Crippen molar-refractivity contribution in [2.24, 2.45) is 0 Å². The van der Waals surface area contributed by atoms with Gasteiger partial charge in [0.2, 0.25) is 11.0 Å². The maximum absolute atomic E-state index is 11.0. The first-order valence-corrected chi connectivity index (χ1v) is 6.36. The standard InChI is InChI=1S/C11H15ClN4O2/c1-15(8-5-3-2-4-6-8)11-9(16(17)18)10(12)13-7-14-11/h7-8H,2-6H2,1H3. The molecule has 18 heavy (non-hydrogen) atoms. The molecule has 0 bridgehead atoms. The Morgan fingerprint density at radius 2 is 2.06 bits per heavy atom. The third-order valence-corrected chi connectivity index (χ3v) is 3.67. The topological polar surface area (TPSA) is 72.2 Å². The first kappa shape index (κ1) is 13.0. The predicted molar refractivity (Wildman–Crippen MR) is 69.0 cm³/mol. The third-order valence-electron chi connectivity index (χ3n) is 3.40. The van der Waals surface area contributed by atoms with Crippen LogP contribution in [0.15, 0.2) is 6.33 Å². The number of anilines is 1. The van der Waals surface area contributed by atoms with Gasteiger partial charge in [0.15, 0.2) is 0 Å². The lowest BCUT2D eigenvalue weighted by Crippen LogP contribution is -2.34.